The molecule has 2 fully saturated rings. The molecule has 1 saturated carbocycles. The molecule has 3 rings (SSSR count). The summed E-state index contributed by atoms with van der Waals surface area (Å²) in [6, 6.07) is 4.08. The molecule has 1 N–H and O–H groups in total. The molecule has 2 aliphatic rings. The summed E-state index contributed by atoms with van der Waals surface area (Å²) in [4.78, 5) is 18.8. The van der Waals surface area contributed by atoms with Gasteiger partial charge in [-0.2, -0.15) is 0 Å². The van der Waals surface area contributed by atoms with E-state index in [0.29, 0.717) is 23.4 Å². The Hall–Kier alpha value is -1.13. The lowest BCUT2D eigenvalue weighted by Gasteiger charge is -2.33. The molecule has 1 aliphatic heterocycles. The van der Waals surface area contributed by atoms with Gasteiger partial charge < -0.3 is 5.32 Å². The molecule has 0 radical (unpaired) electrons. The zero-order chi connectivity index (χ0) is 15.4. The number of nitrogens with zero attached hydrogens (tertiary/aromatic N) is 2. The van der Waals surface area contributed by atoms with Crippen LogP contribution < -0.4 is 5.32 Å². The van der Waals surface area contributed by atoms with Gasteiger partial charge in [0.05, 0.1) is 11.6 Å². The van der Waals surface area contributed by atoms with Crippen LogP contribution in [-0.2, 0) is 4.79 Å². The maximum absolute atomic E-state index is 12.3. The minimum atomic E-state index is 0.0255. The average Bonchev–Trinajstić information content (AvgIpc) is 2.98. The van der Waals surface area contributed by atoms with E-state index in [1.807, 2.05) is 0 Å². The monoisotopic (exact) mass is 321 g/mol. The first-order valence-electron chi connectivity index (χ1n) is 8.38. The van der Waals surface area contributed by atoms with Gasteiger partial charge >= 0.3 is 0 Å². The predicted molar refractivity (Wildman–Crippen MR) is 89.0 cm³/mol. The third kappa shape index (κ3) is 3.99. The van der Waals surface area contributed by atoms with E-state index < -0.39 is 0 Å². The number of anilines is 1. The van der Waals surface area contributed by atoms with Gasteiger partial charge in [-0.1, -0.05) is 30.9 Å². The van der Waals surface area contributed by atoms with Crippen LogP contribution in [0.3, 0.4) is 0 Å². The van der Waals surface area contributed by atoms with Crippen LogP contribution in [0.4, 0.5) is 5.82 Å². The van der Waals surface area contributed by atoms with E-state index in [1.54, 1.807) is 18.3 Å². The largest absolute Gasteiger partial charge is 0.310 e. The maximum atomic E-state index is 12.3. The highest BCUT2D eigenvalue weighted by atomic mass is 35.5. The summed E-state index contributed by atoms with van der Waals surface area (Å²) < 4.78 is 0. The minimum Gasteiger partial charge on any atom is -0.310 e. The summed E-state index contributed by atoms with van der Waals surface area (Å²) in [6.45, 7) is 1.52. The quantitative estimate of drug-likeness (QED) is 0.919. The fraction of sp³-hybridized carbons (Fsp3) is 0.647. The zero-order valence-electron chi connectivity index (χ0n) is 12.9. The van der Waals surface area contributed by atoms with Crippen molar-refractivity contribution in [1.29, 1.82) is 0 Å². The summed E-state index contributed by atoms with van der Waals surface area (Å²) in [5, 5.41) is 3.45. The lowest BCUT2D eigenvalue weighted by molar-refractivity contribution is -0.117. The first kappa shape index (κ1) is 15.8. The Kier molecular flexibility index (Phi) is 5.32. The van der Waals surface area contributed by atoms with E-state index in [-0.39, 0.29) is 5.91 Å². The molecule has 0 aromatic carbocycles. The molecule has 1 aliphatic carbocycles. The van der Waals surface area contributed by atoms with Crippen LogP contribution in [0, 0.1) is 5.92 Å². The van der Waals surface area contributed by atoms with Crippen LogP contribution in [0.15, 0.2) is 18.3 Å². The highest BCUT2D eigenvalue weighted by molar-refractivity contribution is 6.30. The van der Waals surface area contributed by atoms with E-state index in [1.165, 1.54) is 44.9 Å². The number of hydrogen-bond donors (Lipinski definition) is 1. The van der Waals surface area contributed by atoms with Crippen molar-refractivity contribution in [1.82, 2.24) is 9.88 Å². The molecular weight excluding hydrogens is 298 g/mol. The molecule has 0 bridgehead atoms. The average molecular weight is 322 g/mol. The van der Waals surface area contributed by atoms with E-state index in [0.717, 1.165) is 12.5 Å². The number of hydrogen-bond acceptors (Lipinski definition) is 3. The molecule has 4 nitrogen and oxygen atoms in total. The van der Waals surface area contributed by atoms with Crippen molar-refractivity contribution in [3.63, 3.8) is 0 Å². The van der Waals surface area contributed by atoms with E-state index >= 15 is 0 Å². The number of amides is 1. The van der Waals surface area contributed by atoms with E-state index in [2.05, 4.69) is 15.2 Å². The lowest BCUT2D eigenvalue weighted by Crippen LogP contribution is -2.41. The fourth-order valence-corrected chi connectivity index (χ4v) is 4.03. The van der Waals surface area contributed by atoms with Gasteiger partial charge in [0.25, 0.3) is 0 Å². The highest BCUT2D eigenvalue weighted by Crippen LogP contribution is 2.34. The lowest BCUT2D eigenvalue weighted by atomic mass is 9.83. The minimum absolute atomic E-state index is 0.0255. The molecular formula is C17H24ClN3O. The Balaban J connectivity index is 1.54. The Bertz CT molecular complexity index is 499. The summed E-state index contributed by atoms with van der Waals surface area (Å²) in [5.41, 5.74) is 0. The smallest absolute Gasteiger partial charge is 0.239 e. The van der Waals surface area contributed by atoms with Gasteiger partial charge in [-0.05, 0) is 50.3 Å². The van der Waals surface area contributed by atoms with Crippen molar-refractivity contribution in [2.45, 2.75) is 51.0 Å². The first-order chi connectivity index (χ1) is 10.7. The predicted octanol–water partition coefficient (Wildman–Crippen LogP) is 3.72. The van der Waals surface area contributed by atoms with Gasteiger partial charge in [0.1, 0.15) is 5.82 Å². The Morgan fingerprint density at radius 1 is 1.23 bits per heavy atom. The van der Waals surface area contributed by atoms with Crippen LogP contribution in [0.1, 0.15) is 44.9 Å². The number of likely N-dealkylation sites (tertiary alicyclic amines) is 1. The third-order valence-corrected chi connectivity index (χ3v) is 5.17. The first-order valence-corrected chi connectivity index (χ1v) is 8.75. The second kappa shape index (κ2) is 7.42. The molecule has 5 heteroatoms. The van der Waals surface area contributed by atoms with Crippen molar-refractivity contribution in [3.8, 4) is 0 Å². The maximum Gasteiger partial charge on any atom is 0.239 e. The molecule has 120 valence electrons. The topological polar surface area (TPSA) is 45.2 Å². The van der Waals surface area contributed by atoms with E-state index in [9.17, 15) is 4.79 Å². The van der Waals surface area contributed by atoms with E-state index in [4.69, 9.17) is 11.6 Å². The summed E-state index contributed by atoms with van der Waals surface area (Å²) >= 11 is 5.81. The van der Waals surface area contributed by atoms with Crippen LogP contribution in [0.25, 0.3) is 0 Å². The summed E-state index contributed by atoms with van der Waals surface area (Å²) in [5.74, 6) is 1.39. The van der Waals surface area contributed by atoms with Crippen molar-refractivity contribution >= 4 is 23.3 Å². The third-order valence-electron chi connectivity index (χ3n) is 4.95. The van der Waals surface area contributed by atoms with Gasteiger partial charge in [0.2, 0.25) is 5.91 Å². The highest BCUT2D eigenvalue weighted by Gasteiger charge is 2.33. The van der Waals surface area contributed by atoms with Gasteiger partial charge in [-0.3, -0.25) is 9.69 Å². The SMILES string of the molecule is O=C(CN1CCC[C@@H]1C1CCCCC1)Nc1ccc(Cl)cn1. The number of carbonyl (C=O) groups is 1. The second-order valence-corrected chi connectivity index (χ2v) is 6.92. The number of carbonyl (C=O) groups excluding carboxylic acids is 1. The molecule has 1 saturated heterocycles. The Morgan fingerprint density at radius 3 is 2.77 bits per heavy atom. The van der Waals surface area contributed by atoms with Crippen LogP contribution in [-0.4, -0.2) is 34.9 Å². The summed E-state index contributed by atoms with van der Waals surface area (Å²) in [7, 11) is 0. The number of rotatable bonds is 4. The van der Waals surface area contributed by atoms with Gasteiger partial charge in [-0.25, -0.2) is 4.98 Å². The van der Waals surface area contributed by atoms with Crippen molar-refractivity contribution in [2.75, 3.05) is 18.4 Å². The second-order valence-electron chi connectivity index (χ2n) is 6.49. The number of nitrogens with one attached hydrogen (secondary N) is 1. The van der Waals surface area contributed by atoms with Crippen molar-refractivity contribution < 1.29 is 4.79 Å². The standard InChI is InChI=1S/C17H24ClN3O/c18-14-8-9-16(19-11-14)20-17(22)12-21-10-4-7-15(21)13-5-2-1-3-6-13/h8-9,11,13,15H,1-7,10,12H2,(H,19,20,22)/t15-/m1/s1. The van der Waals surface area contributed by atoms with Crippen LogP contribution >= 0.6 is 11.6 Å². The van der Waals surface area contributed by atoms with Crippen molar-refractivity contribution in [2.24, 2.45) is 5.92 Å². The molecule has 0 unspecified atom stereocenters. The Morgan fingerprint density at radius 2 is 2.05 bits per heavy atom. The number of halogens is 1. The summed E-state index contributed by atoms with van der Waals surface area (Å²) in [6.07, 6.45) is 10.8. The van der Waals surface area contributed by atoms with Gasteiger partial charge in [-0.15, -0.1) is 0 Å². The number of aromatic nitrogens is 1. The molecule has 1 amide bonds. The van der Waals surface area contributed by atoms with Gasteiger partial charge in [0.15, 0.2) is 0 Å². The molecule has 1 aromatic heterocycles. The van der Waals surface area contributed by atoms with Crippen LogP contribution in [0.2, 0.25) is 5.02 Å². The fourth-order valence-electron chi connectivity index (χ4n) is 3.92. The number of pyridine rings is 1. The molecule has 1 atom stereocenters. The Labute approximate surface area is 137 Å². The molecule has 2 heterocycles. The van der Waals surface area contributed by atoms with Crippen molar-refractivity contribution in [3.05, 3.63) is 23.4 Å². The van der Waals surface area contributed by atoms with Gasteiger partial charge in [0, 0.05) is 12.2 Å². The molecule has 0 spiro atoms. The molecule has 1 aromatic rings. The normalized spacial score (nSPS) is 23.6. The zero-order valence-corrected chi connectivity index (χ0v) is 13.7. The van der Waals surface area contributed by atoms with Crippen LogP contribution in [0.5, 0.6) is 0 Å². The molecule has 22 heavy (non-hydrogen) atoms.